The maximum atomic E-state index is 12.6. The number of halogens is 3. The number of hydrogen-bond acceptors (Lipinski definition) is 4. The van der Waals surface area contributed by atoms with E-state index in [9.17, 15) is 9.90 Å². The Morgan fingerprint density at radius 3 is 2.64 bits per heavy atom. The lowest BCUT2D eigenvalue weighted by Gasteiger charge is -2.43. The van der Waals surface area contributed by atoms with Crippen LogP contribution in [0.2, 0.25) is 10.0 Å². The van der Waals surface area contributed by atoms with E-state index < -0.39 is 22.4 Å². The van der Waals surface area contributed by atoms with Crippen LogP contribution in [0.15, 0.2) is 30.9 Å². The third kappa shape index (κ3) is 2.34. The number of carboxylic acid groups (broad SMARTS) is 1. The van der Waals surface area contributed by atoms with Gasteiger partial charge in [0.2, 0.25) is 0 Å². The number of aliphatic carboxylic acids is 1. The fourth-order valence-corrected chi connectivity index (χ4v) is 4.92. The van der Waals surface area contributed by atoms with Crippen molar-refractivity contribution in [1.82, 2.24) is 14.8 Å². The van der Waals surface area contributed by atoms with Crippen molar-refractivity contribution >= 4 is 46.5 Å². The molecule has 6 nitrogen and oxygen atoms in total. The average molecular weight is 402 g/mol. The highest BCUT2D eigenvalue weighted by atomic mass is 35.5. The quantitative estimate of drug-likeness (QED) is 0.792. The minimum Gasteiger partial charge on any atom is -0.479 e. The van der Waals surface area contributed by atoms with Gasteiger partial charge in [0.25, 0.3) is 0 Å². The molecular formula is C16H15Cl3N4O2. The van der Waals surface area contributed by atoms with Crippen molar-refractivity contribution in [2.75, 3.05) is 11.4 Å². The van der Waals surface area contributed by atoms with Gasteiger partial charge in [-0.15, -0.1) is 11.6 Å². The van der Waals surface area contributed by atoms with Crippen molar-refractivity contribution < 1.29 is 9.90 Å². The first-order chi connectivity index (χ1) is 11.9. The number of rotatable bonds is 4. The van der Waals surface area contributed by atoms with E-state index >= 15 is 0 Å². The molecule has 1 aliphatic heterocycles. The van der Waals surface area contributed by atoms with Crippen LogP contribution in [-0.2, 0) is 4.79 Å². The topological polar surface area (TPSA) is 71.2 Å². The van der Waals surface area contributed by atoms with Crippen LogP contribution in [-0.4, -0.2) is 42.8 Å². The number of aromatic nitrogens is 3. The molecule has 2 aliphatic rings. The first kappa shape index (κ1) is 16.9. The maximum absolute atomic E-state index is 12.6. The number of carbonyl (C=O) groups is 1. The zero-order valence-corrected chi connectivity index (χ0v) is 15.3. The number of benzene rings is 1. The van der Waals surface area contributed by atoms with Gasteiger partial charge >= 0.3 is 5.97 Å². The molecule has 1 aliphatic carbocycles. The second kappa shape index (κ2) is 5.76. The fraction of sp³-hybridized carbons (Fsp3) is 0.438. The van der Waals surface area contributed by atoms with E-state index in [1.165, 1.54) is 12.7 Å². The van der Waals surface area contributed by atoms with Crippen LogP contribution in [0.4, 0.5) is 5.69 Å². The van der Waals surface area contributed by atoms with Gasteiger partial charge in [-0.3, -0.25) is 0 Å². The van der Waals surface area contributed by atoms with Gasteiger partial charge in [-0.2, -0.15) is 5.10 Å². The molecule has 2 unspecified atom stereocenters. The molecule has 4 rings (SSSR count). The summed E-state index contributed by atoms with van der Waals surface area (Å²) in [5.74, 6) is -0.982. The number of hydrogen-bond donors (Lipinski definition) is 1. The van der Waals surface area contributed by atoms with Gasteiger partial charge in [0.15, 0.2) is 5.54 Å². The van der Waals surface area contributed by atoms with Crippen molar-refractivity contribution in [2.45, 2.75) is 35.7 Å². The Bertz CT molecular complexity index is 825. The van der Waals surface area contributed by atoms with E-state index in [1.807, 2.05) is 0 Å². The Morgan fingerprint density at radius 1 is 1.32 bits per heavy atom. The largest absolute Gasteiger partial charge is 0.479 e. The van der Waals surface area contributed by atoms with Gasteiger partial charge in [0, 0.05) is 11.6 Å². The van der Waals surface area contributed by atoms with Gasteiger partial charge in [-0.1, -0.05) is 23.2 Å². The van der Waals surface area contributed by atoms with Crippen molar-refractivity contribution in [3.63, 3.8) is 0 Å². The lowest BCUT2D eigenvalue weighted by atomic mass is 9.84. The number of alkyl halides is 1. The average Bonchev–Trinajstić information content (AvgIpc) is 3.01. The Balaban J connectivity index is 1.91. The first-order valence-corrected chi connectivity index (χ1v) is 9.03. The summed E-state index contributed by atoms with van der Waals surface area (Å²) in [6.45, 7) is 0.493. The Labute approximate surface area is 159 Å². The van der Waals surface area contributed by atoms with Crippen LogP contribution in [0.25, 0.3) is 0 Å². The summed E-state index contributed by atoms with van der Waals surface area (Å²) < 4.78 is 1.60. The molecule has 1 saturated carbocycles. The Morgan fingerprint density at radius 2 is 2.08 bits per heavy atom. The van der Waals surface area contributed by atoms with E-state index in [1.54, 1.807) is 27.8 Å². The first-order valence-electron chi connectivity index (χ1n) is 7.89. The third-order valence-corrected chi connectivity index (χ3v) is 6.39. The lowest BCUT2D eigenvalue weighted by molar-refractivity contribution is -0.145. The van der Waals surface area contributed by atoms with Crippen LogP contribution in [0.5, 0.6) is 0 Å². The van der Waals surface area contributed by atoms with Crippen LogP contribution in [0.3, 0.4) is 0 Å². The zero-order valence-electron chi connectivity index (χ0n) is 13.1. The highest BCUT2D eigenvalue weighted by Crippen LogP contribution is 2.61. The second-order valence-electron chi connectivity index (χ2n) is 6.46. The zero-order chi connectivity index (χ0) is 17.8. The predicted molar refractivity (Wildman–Crippen MR) is 95.7 cm³/mol. The van der Waals surface area contributed by atoms with Crippen LogP contribution in [0.1, 0.15) is 25.3 Å². The summed E-state index contributed by atoms with van der Waals surface area (Å²) in [5.41, 5.74) is -0.747. The molecule has 1 N–H and O–H groups in total. The smallest absolute Gasteiger partial charge is 0.333 e. The molecule has 9 heteroatoms. The van der Waals surface area contributed by atoms with Crippen molar-refractivity contribution in [3.8, 4) is 0 Å². The fourth-order valence-electron chi connectivity index (χ4n) is 4.01. The molecule has 0 amide bonds. The van der Waals surface area contributed by atoms with E-state index in [-0.39, 0.29) is 0 Å². The monoisotopic (exact) mass is 400 g/mol. The summed E-state index contributed by atoms with van der Waals surface area (Å²) in [5, 5.41) is 15.4. The molecular weight excluding hydrogens is 387 g/mol. The summed E-state index contributed by atoms with van der Waals surface area (Å²) in [4.78, 5) is 17.5. The highest BCUT2D eigenvalue weighted by Gasteiger charge is 2.72. The van der Waals surface area contributed by atoms with Crippen molar-refractivity contribution in [2.24, 2.45) is 0 Å². The van der Waals surface area contributed by atoms with E-state index in [0.29, 0.717) is 41.5 Å². The molecule has 1 aromatic heterocycles. The summed E-state index contributed by atoms with van der Waals surface area (Å²) in [6.07, 6.45) is 4.75. The van der Waals surface area contributed by atoms with Crippen LogP contribution in [0, 0.1) is 0 Å². The lowest BCUT2D eigenvalue weighted by Crippen LogP contribution is -2.62. The molecule has 132 valence electrons. The molecule has 1 saturated heterocycles. The predicted octanol–water partition coefficient (Wildman–Crippen LogP) is 3.63. The molecule has 0 radical (unpaired) electrons. The molecule has 1 aromatic carbocycles. The molecule has 25 heavy (non-hydrogen) atoms. The Kier molecular flexibility index (Phi) is 3.90. The van der Waals surface area contributed by atoms with Gasteiger partial charge < -0.3 is 10.0 Å². The maximum Gasteiger partial charge on any atom is 0.333 e. The summed E-state index contributed by atoms with van der Waals surface area (Å²) >= 11 is 19.2. The summed E-state index contributed by atoms with van der Waals surface area (Å²) in [7, 11) is 0. The van der Waals surface area contributed by atoms with Crippen molar-refractivity contribution in [1.29, 1.82) is 0 Å². The van der Waals surface area contributed by atoms with Crippen LogP contribution < -0.4 is 4.90 Å². The third-order valence-electron chi connectivity index (χ3n) is 5.19. The van der Waals surface area contributed by atoms with E-state index in [4.69, 9.17) is 34.8 Å². The normalized spacial score (nSPS) is 27.5. The van der Waals surface area contributed by atoms with Gasteiger partial charge in [0.05, 0.1) is 21.6 Å². The standard InChI is InChI=1S/C16H15Cl3N4O2/c17-10-1-2-12(11(18)7-10)22-6-3-13(23-9-20-8-21-23)16(22,14(24)25)15(19)4-5-15/h1-2,7-9,13H,3-6H2,(H,24,25). The number of nitrogens with zero attached hydrogens (tertiary/aromatic N) is 4. The SMILES string of the molecule is O=C(O)C1(C2(Cl)CC2)C(n2cncn2)CCN1c1ccc(Cl)cc1Cl. The molecule has 2 aromatic rings. The van der Waals surface area contributed by atoms with E-state index in [2.05, 4.69) is 10.1 Å². The minimum absolute atomic E-state index is 0.401. The van der Waals surface area contributed by atoms with Crippen molar-refractivity contribution in [3.05, 3.63) is 40.9 Å². The van der Waals surface area contributed by atoms with Gasteiger partial charge in [-0.25, -0.2) is 14.5 Å². The molecule has 2 atom stereocenters. The molecule has 0 spiro atoms. The highest BCUT2D eigenvalue weighted by molar-refractivity contribution is 6.36. The molecule has 0 bridgehead atoms. The van der Waals surface area contributed by atoms with Gasteiger partial charge in [0.1, 0.15) is 12.7 Å². The second-order valence-corrected chi connectivity index (χ2v) is 8.03. The van der Waals surface area contributed by atoms with E-state index in [0.717, 1.165) is 0 Å². The molecule has 2 heterocycles. The molecule has 2 fully saturated rings. The van der Waals surface area contributed by atoms with Gasteiger partial charge in [-0.05, 0) is 37.5 Å². The Hall–Kier alpha value is -1.50. The minimum atomic E-state index is -1.36. The summed E-state index contributed by atoms with van der Waals surface area (Å²) in [6, 6.07) is 4.61. The number of anilines is 1. The van der Waals surface area contributed by atoms with Crippen LogP contribution >= 0.6 is 34.8 Å². The number of carboxylic acids is 1.